The van der Waals surface area contributed by atoms with E-state index in [1.807, 2.05) is 42.7 Å². The molecular formula is C17H18N4O2. The van der Waals surface area contributed by atoms with Gasteiger partial charge in [0.25, 0.3) is 5.89 Å². The summed E-state index contributed by atoms with van der Waals surface area (Å²) >= 11 is 0. The fourth-order valence-electron chi connectivity index (χ4n) is 2.88. The molecule has 1 aliphatic heterocycles. The zero-order valence-corrected chi connectivity index (χ0v) is 12.8. The average molecular weight is 310 g/mol. The van der Waals surface area contributed by atoms with E-state index in [1.54, 1.807) is 0 Å². The maximum atomic E-state index is 5.46. The fourth-order valence-corrected chi connectivity index (χ4v) is 2.88. The lowest BCUT2D eigenvalue weighted by Crippen LogP contribution is -2.11. The van der Waals surface area contributed by atoms with Crippen LogP contribution in [-0.2, 0) is 17.7 Å². The molecule has 118 valence electrons. The molecule has 0 amide bonds. The Labute approximate surface area is 134 Å². The number of imidazole rings is 1. The van der Waals surface area contributed by atoms with Crippen LogP contribution in [0.5, 0.6) is 0 Å². The zero-order valence-electron chi connectivity index (χ0n) is 12.8. The monoisotopic (exact) mass is 310 g/mol. The molecule has 6 nitrogen and oxygen atoms in total. The lowest BCUT2D eigenvalue weighted by atomic mass is 10.1. The van der Waals surface area contributed by atoms with Crippen LogP contribution in [0.1, 0.15) is 24.0 Å². The molecule has 0 spiro atoms. The zero-order chi connectivity index (χ0) is 15.5. The summed E-state index contributed by atoms with van der Waals surface area (Å²) in [6.45, 7) is 2.37. The standard InChI is InChI=1S/C17H18N4O2/c1-2-4-13(5-3-1)17-19-15(20-23-17)6-9-21-10-8-18-16(21)14-7-11-22-12-14/h1-5,8,10,14H,6-7,9,11-12H2/t14-/m1/s1. The molecule has 2 aromatic heterocycles. The van der Waals surface area contributed by atoms with Gasteiger partial charge in [-0.05, 0) is 18.6 Å². The van der Waals surface area contributed by atoms with Crippen molar-refractivity contribution in [3.8, 4) is 11.5 Å². The largest absolute Gasteiger partial charge is 0.381 e. The highest BCUT2D eigenvalue weighted by Gasteiger charge is 2.22. The van der Waals surface area contributed by atoms with Gasteiger partial charge >= 0.3 is 0 Å². The Balaban J connectivity index is 1.44. The molecule has 3 heterocycles. The summed E-state index contributed by atoms with van der Waals surface area (Å²) in [7, 11) is 0. The van der Waals surface area contributed by atoms with E-state index in [0.717, 1.165) is 37.6 Å². The first kappa shape index (κ1) is 14.1. The van der Waals surface area contributed by atoms with Crippen molar-refractivity contribution < 1.29 is 9.26 Å². The molecule has 4 rings (SSSR count). The van der Waals surface area contributed by atoms with Gasteiger partial charge in [-0.1, -0.05) is 23.4 Å². The van der Waals surface area contributed by atoms with Crippen LogP contribution in [0.25, 0.3) is 11.5 Å². The van der Waals surface area contributed by atoms with Gasteiger partial charge in [-0.3, -0.25) is 0 Å². The molecule has 6 heteroatoms. The van der Waals surface area contributed by atoms with Crippen molar-refractivity contribution in [2.24, 2.45) is 0 Å². The third kappa shape index (κ3) is 3.03. The molecule has 0 bridgehead atoms. The van der Waals surface area contributed by atoms with Crippen LogP contribution in [0.2, 0.25) is 0 Å². The third-order valence-corrected chi connectivity index (χ3v) is 4.11. The van der Waals surface area contributed by atoms with Crippen molar-refractivity contribution in [1.82, 2.24) is 19.7 Å². The van der Waals surface area contributed by atoms with Crippen LogP contribution < -0.4 is 0 Å². The van der Waals surface area contributed by atoms with Gasteiger partial charge in [-0.25, -0.2) is 4.98 Å². The fraction of sp³-hybridized carbons (Fsp3) is 0.353. The highest BCUT2D eigenvalue weighted by molar-refractivity contribution is 5.51. The van der Waals surface area contributed by atoms with E-state index < -0.39 is 0 Å². The Morgan fingerprint density at radius 3 is 2.96 bits per heavy atom. The molecule has 1 fully saturated rings. The minimum Gasteiger partial charge on any atom is -0.381 e. The Hall–Kier alpha value is -2.47. The minimum atomic E-state index is 0.398. The van der Waals surface area contributed by atoms with Gasteiger partial charge in [-0.15, -0.1) is 0 Å². The molecular weight excluding hydrogens is 292 g/mol. The summed E-state index contributed by atoms with van der Waals surface area (Å²) in [5.41, 5.74) is 0.942. The van der Waals surface area contributed by atoms with Gasteiger partial charge < -0.3 is 13.8 Å². The molecule has 0 saturated carbocycles. The van der Waals surface area contributed by atoms with Crippen molar-refractivity contribution >= 4 is 0 Å². The molecule has 1 atom stereocenters. The quantitative estimate of drug-likeness (QED) is 0.725. The van der Waals surface area contributed by atoms with E-state index in [1.165, 1.54) is 0 Å². The van der Waals surface area contributed by atoms with Gasteiger partial charge in [0.05, 0.1) is 6.61 Å². The van der Waals surface area contributed by atoms with Crippen molar-refractivity contribution in [2.45, 2.75) is 25.3 Å². The van der Waals surface area contributed by atoms with E-state index in [0.29, 0.717) is 24.1 Å². The number of ether oxygens (including phenoxy) is 1. The van der Waals surface area contributed by atoms with Gasteiger partial charge in [0.1, 0.15) is 5.82 Å². The molecule has 3 aromatic rings. The van der Waals surface area contributed by atoms with Crippen LogP contribution in [0.15, 0.2) is 47.2 Å². The number of aryl methyl sites for hydroxylation is 2. The first-order valence-electron chi connectivity index (χ1n) is 7.87. The van der Waals surface area contributed by atoms with Gasteiger partial charge in [0.15, 0.2) is 5.82 Å². The van der Waals surface area contributed by atoms with Crippen molar-refractivity contribution in [3.05, 3.63) is 54.4 Å². The van der Waals surface area contributed by atoms with Crippen LogP contribution in [-0.4, -0.2) is 32.9 Å². The van der Waals surface area contributed by atoms with Crippen LogP contribution >= 0.6 is 0 Å². The Bertz CT molecular complexity index is 760. The highest BCUT2D eigenvalue weighted by Crippen LogP contribution is 2.24. The second-order valence-electron chi connectivity index (χ2n) is 5.67. The summed E-state index contributed by atoms with van der Waals surface area (Å²) in [6.07, 6.45) is 5.61. The van der Waals surface area contributed by atoms with Gasteiger partial charge in [-0.2, -0.15) is 4.98 Å². The smallest absolute Gasteiger partial charge is 0.257 e. The summed E-state index contributed by atoms with van der Waals surface area (Å²) in [5, 5.41) is 4.07. The summed E-state index contributed by atoms with van der Waals surface area (Å²) in [6, 6.07) is 9.81. The predicted molar refractivity (Wildman–Crippen MR) is 83.8 cm³/mol. The van der Waals surface area contributed by atoms with Crippen LogP contribution in [0.3, 0.4) is 0 Å². The predicted octanol–water partition coefficient (Wildman–Crippen LogP) is 2.68. The summed E-state index contributed by atoms with van der Waals surface area (Å²) in [5.74, 6) is 2.77. The average Bonchev–Trinajstić information content (AvgIpc) is 3.33. The second kappa shape index (κ2) is 6.34. The van der Waals surface area contributed by atoms with Crippen molar-refractivity contribution in [2.75, 3.05) is 13.2 Å². The molecule has 1 aromatic carbocycles. The van der Waals surface area contributed by atoms with E-state index >= 15 is 0 Å². The molecule has 0 N–H and O–H groups in total. The van der Waals surface area contributed by atoms with Gasteiger partial charge in [0, 0.05) is 43.4 Å². The maximum absolute atomic E-state index is 5.46. The third-order valence-electron chi connectivity index (χ3n) is 4.11. The number of hydrogen-bond acceptors (Lipinski definition) is 5. The lowest BCUT2D eigenvalue weighted by molar-refractivity contribution is 0.192. The SMILES string of the molecule is c1ccc(-c2nc(CCn3ccnc3[C@@H]3CCOC3)no2)cc1. The van der Waals surface area contributed by atoms with E-state index in [-0.39, 0.29) is 0 Å². The Morgan fingerprint density at radius 2 is 2.13 bits per heavy atom. The summed E-state index contributed by atoms with van der Waals surface area (Å²) < 4.78 is 13.0. The van der Waals surface area contributed by atoms with E-state index in [9.17, 15) is 0 Å². The van der Waals surface area contributed by atoms with Gasteiger partial charge in [0.2, 0.25) is 0 Å². The summed E-state index contributed by atoms with van der Waals surface area (Å²) in [4.78, 5) is 8.95. The molecule has 0 radical (unpaired) electrons. The lowest BCUT2D eigenvalue weighted by Gasteiger charge is -2.10. The number of rotatable bonds is 5. The number of aromatic nitrogens is 4. The van der Waals surface area contributed by atoms with Crippen molar-refractivity contribution in [1.29, 1.82) is 0 Å². The van der Waals surface area contributed by atoms with Crippen LogP contribution in [0, 0.1) is 0 Å². The molecule has 1 aliphatic rings. The minimum absolute atomic E-state index is 0.398. The second-order valence-corrected chi connectivity index (χ2v) is 5.67. The molecule has 0 unspecified atom stereocenters. The molecule has 1 saturated heterocycles. The molecule has 23 heavy (non-hydrogen) atoms. The Morgan fingerprint density at radius 1 is 1.22 bits per heavy atom. The number of nitrogens with zero attached hydrogens (tertiary/aromatic N) is 4. The molecule has 0 aliphatic carbocycles. The Kier molecular flexibility index (Phi) is 3.90. The number of hydrogen-bond donors (Lipinski definition) is 0. The first-order chi connectivity index (χ1) is 11.4. The van der Waals surface area contributed by atoms with E-state index in [4.69, 9.17) is 9.26 Å². The normalized spacial score (nSPS) is 17.7. The van der Waals surface area contributed by atoms with E-state index in [2.05, 4.69) is 19.7 Å². The number of benzene rings is 1. The topological polar surface area (TPSA) is 66.0 Å². The highest BCUT2D eigenvalue weighted by atomic mass is 16.5. The van der Waals surface area contributed by atoms with Crippen molar-refractivity contribution in [3.63, 3.8) is 0 Å². The van der Waals surface area contributed by atoms with Crippen LogP contribution in [0.4, 0.5) is 0 Å². The first-order valence-corrected chi connectivity index (χ1v) is 7.87. The maximum Gasteiger partial charge on any atom is 0.257 e.